The minimum Gasteiger partial charge on any atom is -0.384 e. The number of aryl methyl sites for hydroxylation is 2. The van der Waals surface area contributed by atoms with E-state index in [0.717, 1.165) is 5.56 Å². The van der Waals surface area contributed by atoms with E-state index in [2.05, 4.69) is 5.10 Å². The van der Waals surface area contributed by atoms with Crippen LogP contribution in [0.5, 0.6) is 0 Å². The van der Waals surface area contributed by atoms with Crippen LogP contribution in [0.25, 0.3) is 11.3 Å². The van der Waals surface area contributed by atoms with Gasteiger partial charge in [-0.15, -0.1) is 0 Å². The van der Waals surface area contributed by atoms with Gasteiger partial charge in [0.2, 0.25) is 0 Å². The molecule has 0 aliphatic heterocycles. The van der Waals surface area contributed by atoms with Crippen molar-refractivity contribution in [2.75, 3.05) is 5.73 Å². The second-order valence-electron chi connectivity index (χ2n) is 3.87. The van der Waals surface area contributed by atoms with E-state index in [1.165, 1.54) is 16.8 Å². The molecule has 2 rings (SSSR count). The molecular weight excluding hydrogens is 224 g/mol. The second-order valence-corrected chi connectivity index (χ2v) is 3.87. The Morgan fingerprint density at radius 2 is 2.00 bits per heavy atom. The van der Waals surface area contributed by atoms with Crippen molar-refractivity contribution in [3.63, 3.8) is 0 Å². The first-order chi connectivity index (χ1) is 8.02. The van der Waals surface area contributed by atoms with Gasteiger partial charge in [-0.05, 0) is 24.1 Å². The van der Waals surface area contributed by atoms with Gasteiger partial charge in [-0.3, -0.25) is 4.68 Å². The lowest BCUT2D eigenvalue weighted by Crippen LogP contribution is -1.97. The second kappa shape index (κ2) is 4.16. The highest BCUT2D eigenvalue weighted by atomic mass is 19.2. The maximum Gasteiger partial charge on any atom is 0.168 e. The highest BCUT2D eigenvalue weighted by Gasteiger charge is 2.15. The summed E-state index contributed by atoms with van der Waals surface area (Å²) in [5, 5.41) is 4.04. The van der Waals surface area contributed by atoms with E-state index in [0.29, 0.717) is 17.9 Å². The average molecular weight is 237 g/mol. The van der Waals surface area contributed by atoms with Gasteiger partial charge in [-0.2, -0.15) is 5.10 Å². The molecule has 0 unspecified atom stereocenters. The van der Waals surface area contributed by atoms with Gasteiger partial charge in [-0.25, -0.2) is 8.78 Å². The van der Waals surface area contributed by atoms with Crippen LogP contribution in [0.1, 0.15) is 12.5 Å². The molecule has 0 amide bonds. The molecule has 1 aromatic heterocycles. The van der Waals surface area contributed by atoms with E-state index in [4.69, 9.17) is 5.73 Å². The number of nitrogen functional groups attached to an aromatic ring is 1. The molecule has 0 bridgehead atoms. The van der Waals surface area contributed by atoms with E-state index in [1.54, 1.807) is 13.1 Å². The molecule has 2 N–H and O–H groups in total. The largest absolute Gasteiger partial charge is 0.384 e. The minimum atomic E-state index is -0.889. The van der Waals surface area contributed by atoms with Crippen LogP contribution in [0.4, 0.5) is 14.6 Å². The number of hydrogen-bond donors (Lipinski definition) is 1. The summed E-state index contributed by atoms with van der Waals surface area (Å²) in [5.41, 5.74) is 6.84. The summed E-state index contributed by atoms with van der Waals surface area (Å²) < 4.78 is 28.5. The zero-order valence-electron chi connectivity index (χ0n) is 9.67. The van der Waals surface area contributed by atoms with Crippen molar-refractivity contribution in [1.29, 1.82) is 0 Å². The van der Waals surface area contributed by atoms with Crippen LogP contribution in [-0.4, -0.2) is 9.78 Å². The third-order valence-electron chi connectivity index (χ3n) is 2.69. The molecule has 0 aliphatic carbocycles. The first-order valence-electron chi connectivity index (χ1n) is 5.30. The lowest BCUT2D eigenvalue weighted by molar-refractivity contribution is 0.509. The molecule has 0 radical (unpaired) electrons. The number of aromatic nitrogens is 2. The maximum atomic E-state index is 13.7. The fourth-order valence-electron chi connectivity index (χ4n) is 1.65. The van der Waals surface area contributed by atoms with Gasteiger partial charge in [-0.1, -0.05) is 6.92 Å². The van der Waals surface area contributed by atoms with Crippen molar-refractivity contribution in [2.45, 2.75) is 13.3 Å². The zero-order chi connectivity index (χ0) is 12.6. The fourth-order valence-corrected chi connectivity index (χ4v) is 1.65. The Kier molecular flexibility index (Phi) is 2.83. The van der Waals surface area contributed by atoms with Gasteiger partial charge in [0.05, 0.1) is 5.69 Å². The lowest BCUT2D eigenvalue weighted by Gasteiger charge is -2.04. The van der Waals surface area contributed by atoms with E-state index < -0.39 is 11.6 Å². The summed E-state index contributed by atoms with van der Waals surface area (Å²) in [7, 11) is 1.65. The molecule has 0 spiro atoms. The van der Waals surface area contributed by atoms with Crippen molar-refractivity contribution in [1.82, 2.24) is 9.78 Å². The van der Waals surface area contributed by atoms with Crippen molar-refractivity contribution >= 4 is 5.82 Å². The fraction of sp³-hybridized carbons (Fsp3) is 0.250. The molecule has 0 atom stereocenters. The van der Waals surface area contributed by atoms with Crippen LogP contribution in [0.15, 0.2) is 18.2 Å². The summed E-state index contributed by atoms with van der Waals surface area (Å²) in [5.74, 6) is -1.34. The number of rotatable bonds is 2. The molecular formula is C12H13F2N3. The number of hydrogen-bond acceptors (Lipinski definition) is 2. The van der Waals surface area contributed by atoms with Crippen molar-refractivity contribution in [3.05, 3.63) is 35.4 Å². The lowest BCUT2D eigenvalue weighted by atomic mass is 10.1. The predicted molar refractivity (Wildman–Crippen MR) is 62.4 cm³/mol. The molecule has 0 aliphatic rings. The van der Waals surface area contributed by atoms with E-state index in [1.807, 2.05) is 6.92 Å². The minimum absolute atomic E-state index is 0.147. The standard InChI is InChI=1S/C12H13F2N3/c1-3-7-4-8(12(14)9(13)5-7)10-6-11(15)17(2)16-10/h4-6H,3,15H2,1-2H3. The van der Waals surface area contributed by atoms with Gasteiger partial charge in [0.15, 0.2) is 11.6 Å². The van der Waals surface area contributed by atoms with Crippen molar-refractivity contribution < 1.29 is 8.78 Å². The summed E-state index contributed by atoms with van der Waals surface area (Å²) in [6.07, 6.45) is 0.631. The molecule has 17 heavy (non-hydrogen) atoms. The average Bonchev–Trinajstić information content (AvgIpc) is 2.62. The highest BCUT2D eigenvalue weighted by molar-refractivity contribution is 5.64. The monoisotopic (exact) mass is 237 g/mol. The number of anilines is 1. The third kappa shape index (κ3) is 2.00. The molecule has 2 aromatic rings. The van der Waals surface area contributed by atoms with Crippen LogP contribution in [0.2, 0.25) is 0 Å². The molecule has 1 aromatic carbocycles. The summed E-state index contributed by atoms with van der Waals surface area (Å²) in [6.45, 7) is 1.88. The Morgan fingerprint density at radius 1 is 1.29 bits per heavy atom. The number of benzene rings is 1. The topological polar surface area (TPSA) is 43.8 Å². The Hall–Kier alpha value is -1.91. The maximum absolute atomic E-state index is 13.7. The quantitative estimate of drug-likeness (QED) is 0.872. The normalized spacial score (nSPS) is 10.8. The first-order valence-corrected chi connectivity index (χ1v) is 5.30. The molecule has 90 valence electrons. The van der Waals surface area contributed by atoms with Crippen LogP contribution in [0.3, 0.4) is 0 Å². The van der Waals surface area contributed by atoms with Crippen LogP contribution in [0, 0.1) is 11.6 Å². The number of halogens is 2. The molecule has 5 heteroatoms. The molecule has 3 nitrogen and oxygen atoms in total. The summed E-state index contributed by atoms with van der Waals surface area (Å²) in [4.78, 5) is 0. The van der Waals surface area contributed by atoms with Gasteiger partial charge in [0.25, 0.3) is 0 Å². The Labute approximate surface area is 97.9 Å². The number of nitrogens with zero attached hydrogens (tertiary/aromatic N) is 2. The van der Waals surface area contributed by atoms with E-state index >= 15 is 0 Å². The summed E-state index contributed by atoms with van der Waals surface area (Å²) in [6, 6.07) is 4.32. The molecule has 0 saturated carbocycles. The van der Waals surface area contributed by atoms with Crippen LogP contribution in [-0.2, 0) is 13.5 Å². The molecule has 0 fully saturated rings. The van der Waals surface area contributed by atoms with Crippen molar-refractivity contribution in [3.8, 4) is 11.3 Å². The van der Waals surface area contributed by atoms with Gasteiger partial charge in [0, 0.05) is 18.7 Å². The summed E-state index contributed by atoms with van der Waals surface area (Å²) >= 11 is 0. The van der Waals surface area contributed by atoms with Crippen molar-refractivity contribution in [2.24, 2.45) is 7.05 Å². The number of nitrogens with two attached hydrogens (primary N) is 1. The Balaban J connectivity index is 2.61. The first kappa shape index (κ1) is 11.6. The van der Waals surface area contributed by atoms with Gasteiger partial charge < -0.3 is 5.73 Å². The highest BCUT2D eigenvalue weighted by Crippen LogP contribution is 2.26. The van der Waals surface area contributed by atoms with Gasteiger partial charge in [0.1, 0.15) is 5.82 Å². The van der Waals surface area contributed by atoms with E-state index in [-0.39, 0.29) is 5.56 Å². The Bertz CT molecular complexity index is 542. The molecule has 0 saturated heterocycles. The van der Waals surface area contributed by atoms with Crippen LogP contribution >= 0.6 is 0 Å². The van der Waals surface area contributed by atoms with Crippen LogP contribution < -0.4 is 5.73 Å². The predicted octanol–water partition coefficient (Wildman–Crippen LogP) is 2.51. The Morgan fingerprint density at radius 3 is 2.53 bits per heavy atom. The smallest absolute Gasteiger partial charge is 0.168 e. The zero-order valence-corrected chi connectivity index (χ0v) is 9.67. The van der Waals surface area contributed by atoms with E-state index in [9.17, 15) is 8.78 Å². The SMILES string of the molecule is CCc1cc(F)c(F)c(-c2cc(N)n(C)n2)c1. The third-order valence-corrected chi connectivity index (χ3v) is 2.69. The van der Waals surface area contributed by atoms with Gasteiger partial charge >= 0.3 is 0 Å². The molecule has 1 heterocycles.